The molecule has 0 amide bonds. The van der Waals surface area contributed by atoms with Crippen molar-refractivity contribution in [3.05, 3.63) is 46.8 Å². The zero-order chi connectivity index (χ0) is 14.1. The number of rotatable bonds is 5. The minimum Gasteiger partial charge on any atom is -0.476 e. The van der Waals surface area contributed by atoms with Gasteiger partial charge in [0, 0.05) is 5.92 Å². The minimum absolute atomic E-state index is 0.0967. The maximum Gasteiger partial charge on any atom is 0.358 e. The van der Waals surface area contributed by atoms with Gasteiger partial charge in [-0.05, 0) is 24.0 Å². The van der Waals surface area contributed by atoms with Crippen LogP contribution in [0.3, 0.4) is 0 Å². The van der Waals surface area contributed by atoms with Gasteiger partial charge in [-0.25, -0.2) is 9.48 Å². The molecule has 1 aromatic heterocycles. The summed E-state index contributed by atoms with van der Waals surface area (Å²) in [5, 5.41) is 17.0. The van der Waals surface area contributed by atoms with E-state index in [1.165, 1.54) is 11.1 Å². The van der Waals surface area contributed by atoms with Crippen LogP contribution in [-0.2, 0) is 19.4 Å². The summed E-state index contributed by atoms with van der Waals surface area (Å²) in [6.07, 6.45) is 2.61. The van der Waals surface area contributed by atoms with E-state index < -0.39 is 5.97 Å². The molecule has 0 aliphatic heterocycles. The van der Waals surface area contributed by atoms with Gasteiger partial charge in [0.15, 0.2) is 5.69 Å². The lowest BCUT2D eigenvalue weighted by Gasteiger charge is -2.30. The SMILES string of the molecule is CCCc1c(C(=O)O)nnn1CC1Cc2ccccc21. The largest absolute Gasteiger partial charge is 0.476 e. The molecule has 0 saturated carbocycles. The van der Waals surface area contributed by atoms with Crippen LogP contribution in [0.15, 0.2) is 24.3 Å². The second-order valence-electron chi connectivity index (χ2n) is 5.22. The second kappa shape index (κ2) is 5.07. The van der Waals surface area contributed by atoms with E-state index >= 15 is 0 Å². The molecule has 1 N–H and O–H groups in total. The summed E-state index contributed by atoms with van der Waals surface area (Å²) in [4.78, 5) is 11.2. The third-order valence-electron chi connectivity index (χ3n) is 3.88. The van der Waals surface area contributed by atoms with Crippen molar-refractivity contribution in [2.75, 3.05) is 0 Å². The molecule has 0 fully saturated rings. The van der Waals surface area contributed by atoms with E-state index in [1.807, 2.05) is 13.0 Å². The molecular formula is C15H17N3O2. The molecule has 0 spiro atoms. The van der Waals surface area contributed by atoms with Crippen LogP contribution < -0.4 is 0 Å². The number of nitrogens with zero attached hydrogens (tertiary/aromatic N) is 3. The molecule has 1 aromatic carbocycles. The molecule has 0 bridgehead atoms. The monoisotopic (exact) mass is 271 g/mol. The molecule has 3 rings (SSSR count). The van der Waals surface area contributed by atoms with Crippen LogP contribution in [0.2, 0.25) is 0 Å². The Morgan fingerprint density at radius 1 is 1.45 bits per heavy atom. The maximum absolute atomic E-state index is 11.2. The first-order valence-corrected chi connectivity index (χ1v) is 6.94. The molecule has 5 nitrogen and oxygen atoms in total. The van der Waals surface area contributed by atoms with Crippen molar-refractivity contribution in [3.63, 3.8) is 0 Å². The highest BCUT2D eigenvalue weighted by atomic mass is 16.4. The number of hydrogen-bond acceptors (Lipinski definition) is 3. The lowest BCUT2D eigenvalue weighted by molar-refractivity contribution is 0.0689. The Labute approximate surface area is 117 Å². The smallest absolute Gasteiger partial charge is 0.358 e. The van der Waals surface area contributed by atoms with Gasteiger partial charge in [0.1, 0.15) is 0 Å². The lowest BCUT2D eigenvalue weighted by Crippen LogP contribution is -2.23. The van der Waals surface area contributed by atoms with Crippen molar-refractivity contribution >= 4 is 5.97 Å². The predicted octanol–water partition coefficient (Wildman–Crippen LogP) is 2.27. The first-order valence-electron chi connectivity index (χ1n) is 6.94. The van der Waals surface area contributed by atoms with Crippen LogP contribution in [0.4, 0.5) is 0 Å². The van der Waals surface area contributed by atoms with Crippen LogP contribution in [-0.4, -0.2) is 26.1 Å². The average molecular weight is 271 g/mol. The van der Waals surface area contributed by atoms with Crippen molar-refractivity contribution in [1.29, 1.82) is 0 Å². The summed E-state index contributed by atoms with van der Waals surface area (Å²) in [6.45, 7) is 2.74. The Bertz CT molecular complexity index is 648. The van der Waals surface area contributed by atoms with Gasteiger partial charge in [-0.1, -0.05) is 42.8 Å². The van der Waals surface area contributed by atoms with Gasteiger partial charge in [0.25, 0.3) is 0 Å². The number of aromatic carboxylic acids is 1. The fraction of sp³-hybridized carbons (Fsp3) is 0.400. The Morgan fingerprint density at radius 2 is 2.25 bits per heavy atom. The fourth-order valence-electron chi connectivity index (χ4n) is 2.86. The Kier molecular flexibility index (Phi) is 3.26. The van der Waals surface area contributed by atoms with Gasteiger partial charge in [-0.2, -0.15) is 0 Å². The Balaban J connectivity index is 1.84. The number of fused-ring (bicyclic) bond motifs is 1. The molecular weight excluding hydrogens is 254 g/mol. The highest BCUT2D eigenvalue weighted by Gasteiger charge is 2.28. The van der Waals surface area contributed by atoms with E-state index in [-0.39, 0.29) is 5.69 Å². The van der Waals surface area contributed by atoms with E-state index in [1.54, 1.807) is 4.68 Å². The molecule has 1 atom stereocenters. The molecule has 104 valence electrons. The van der Waals surface area contributed by atoms with Crippen LogP contribution >= 0.6 is 0 Å². The second-order valence-corrected chi connectivity index (χ2v) is 5.22. The van der Waals surface area contributed by atoms with Crippen molar-refractivity contribution in [3.8, 4) is 0 Å². The molecule has 2 aromatic rings. The van der Waals surface area contributed by atoms with Gasteiger partial charge >= 0.3 is 5.97 Å². The van der Waals surface area contributed by atoms with E-state index in [0.29, 0.717) is 18.9 Å². The average Bonchev–Trinajstić information content (AvgIpc) is 2.80. The first kappa shape index (κ1) is 12.8. The predicted molar refractivity (Wildman–Crippen MR) is 73.9 cm³/mol. The zero-order valence-corrected chi connectivity index (χ0v) is 11.4. The first-order chi connectivity index (χ1) is 9.70. The standard InChI is InChI=1S/C15H17N3O2/c1-2-5-13-14(15(19)20)16-17-18(13)9-11-8-10-6-3-4-7-12(10)11/h3-4,6-7,11H,2,5,8-9H2,1H3,(H,19,20). The summed E-state index contributed by atoms with van der Waals surface area (Å²) < 4.78 is 1.77. The van der Waals surface area contributed by atoms with Crippen LogP contribution in [0.5, 0.6) is 0 Å². The van der Waals surface area contributed by atoms with Crippen molar-refractivity contribution in [2.45, 2.75) is 38.6 Å². The summed E-state index contributed by atoms with van der Waals surface area (Å²) in [5.41, 5.74) is 3.57. The Morgan fingerprint density at radius 3 is 2.95 bits per heavy atom. The number of hydrogen-bond donors (Lipinski definition) is 1. The summed E-state index contributed by atoms with van der Waals surface area (Å²) in [5.74, 6) is -0.570. The van der Waals surface area contributed by atoms with E-state index in [4.69, 9.17) is 5.11 Å². The molecule has 0 saturated heterocycles. The highest BCUT2D eigenvalue weighted by molar-refractivity contribution is 5.86. The number of carboxylic acids is 1. The highest BCUT2D eigenvalue weighted by Crippen LogP contribution is 2.36. The number of carbonyl (C=O) groups is 1. The van der Waals surface area contributed by atoms with Crippen molar-refractivity contribution < 1.29 is 9.90 Å². The topological polar surface area (TPSA) is 68.0 Å². The normalized spacial score (nSPS) is 16.6. The molecule has 20 heavy (non-hydrogen) atoms. The summed E-state index contributed by atoms with van der Waals surface area (Å²) in [6, 6.07) is 8.37. The number of benzene rings is 1. The zero-order valence-electron chi connectivity index (χ0n) is 11.4. The quantitative estimate of drug-likeness (QED) is 0.905. The minimum atomic E-state index is -0.992. The molecule has 1 aliphatic rings. The van der Waals surface area contributed by atoms with E-state index in [2.05, 4.69) is 28.5 Å². The number of aromatic nitrogens is 3. The van der Waals surface area contributed by atoms with E-state index in [0.717, 1.165) is 18.5 Å². The summed E-state index contributed by atoms with van der Waals surface area (Å²) >= 11 is 0. The molecule has 1 heterocycles. The fourth-order valence-corrected chi connectivity index (χ4v) is 2.86. The van der Waals surface area contributed by atoms with Crippen molar-refractivity contribution in [1.82, 2.24) is 15.0 Å². The van der Waals surface area contributed by atoms with Crippen LogP contribution in [0.1, 0.15) is 46.6 Å². The number of carboxylic acid groups (broad SMARTS) is 1. The van der Waals surface area contributed by atoms with Gasteiger partial charge in [-0.15, -0.1) is 5.10 Å². The molecule has 1 unspecified atom stereocenters. The Hall–Kier alpha value is -2.17. The summed E-state index contributed by atoms with van der Waals surface area (Å²) in [7, 11) is 0. The molecule has 1 aliphatic carbocycles. The van der Waals surface area contributed by atoms with Crippen LogP contribution in [0, 0.1) is 0 Å². The lowest BCUT2D eigenvalue weighted by atomic mass is 9.77. The van der Waals surface area contributed by atoms with Crippen molar-refractivity contribution in [2.24, 2.45) is 0 Å². The van der Waals surface area contributed by atoms with E-state index in [9.17, 15) is 4.79 Å². The van der Waals surface area contributed by atoms with Gasteiger partial charge in [-0.3, -0.25) is 0 Å². The van der Waals surface area contributed by atoms with Gasteiger partial charge in [0.2, 0.25) is 0 Å². The molecule has 5 heteroatoms. The van der Waals surface area contributed by atoms with Gasteiger partial charge < -0.3 is 5.11 Å². The third-order valence-corrected chi connectivity index (χ3v) is 3.88. The van der Waals surface area contributed by atoms with Crippen LogP contribution in [0.25, 0.3) is 0 Å². The van der Waals surface area contributed by atoms with Gasteiger partial charge in [0.05, 0.1) is 12.2 Å². The maximum atomic E-state index is 11.2. The third kappa shape index (κ3) is 2.09. The molecule has 0 radical (unpaired) electrons.